The van der Waals surface area contributed by atoms with E-state index < -0.39 is 0 Å². The molecule has 1 aromatic rings. The summed E-state index contributed by atoms with van der Waals surface area (Å²) < 4.78 is 16.2. The van der Waals surface area contributed by atoms with Gasteiger partial charge < -0.3 is 24.8 Å². The third-order valence-corrected chi connectivity index (χ3v) is 3.62. The van der Waals surface area contributed by atoms with E-state index in [-0.39, 0.29) is 24.0 Å². The van der Waals surface area contributed by atoms with E-state index in [1.165, 1.54) is 0 Å². The zero-order chi connectivity index (χ0) is 18.9. The molecule has 0 bridgehead atoms. The Morgan fingerprint density at radius 2 is 1.89 bits per heavy atom. The number of ether oxygens (including phenoxy) is 3. The van der Waals surface area contributed by atoms with Crippen molar-refractivity contribution in [3.05, 3.63) is 29.8 Å². The number of nitrogens with zero attached hydrogens (tertiary/aromatic N) is 1. The number of nitrogens with one attached hydrogen (secondary N) is 2. The molecule has 0 spiro atoms. The van der Waals surface area contributed by atoms with Crippen molar-refractivity contribution in [1.82, 2.24) is 10.6 Å². The average Bonchev–Trinajstić information content (AvgIpc) is 2.66. The van der Waals surface area contributed by atoms with Gasteiger partial charge in [0.1, 0.15) is 5.75 Å². The predicted molar refractivity (Wildman–Crippen MR) is 122 cm³/mol. The molecule has 0 aliphatic rings. The number of aliphatic imine (C=N–C) groups is 1. The monoisotopic (exact) mass is 493 g/mol. The molecule has 0 aliphatic heterocycles. The molecular formula is C20H36IN3O3. The lowest BCUT2D eigenvalue weighted by Crippen LogP contribution is -2.38. The lowest BCUT2D eigenvalue weighted by atomic mass is 10.2. The summed E-state index contributed by atoms with van der Waals surface area (Å²) in [4.78, 5) is 4.65. The normalized spacial score (nSPS) is 11.0. The molecule has 2 N–H and O–H groups in total. The predicted octanol–water partition coefficient (Wildman–Crippen LogP) is 3.59. The van der Waals surface area contributed by atoms with Crippen LogP contribution in [0.25, 0.3) is 0 Å². The zero-order valence-corrected chi connectivity index (χ0v) is 19.3. The van der Waals surface area contributed by atoms with Gasteiger partial charge in [-0.3, -0.25) is 0 Å². The van der Waals surface area contributed by atoms with Crippen LogP contribution in [-0.2, 0) is 16.0 Å². The molecule has 0 amide bonds. The Hall–Kier alpha value is -1.06. The van der Waals surface area contributed by atoms with Crippen molar-refractivity contribution in [3.8, 4) is 5.75 Å². The third kappa shape index (κ3) is 13.7. The van der Waals surface area contributed by atoms with E-state index in [4.69, 9.17) is 14.2 Å². The highest BCUT2D eigenvalue weighted by atomic mass is 127. The van der Waals surface area contributed by atoms with Crippen LogP contribution < -0.4 is 15.4 Å². The maximum atomic E-state index is 5.76. The zero-order valence-electron chi connectivity index (χ0n) is 17.0. The van der Waals surface area contributed by atoms with E-state index in [9.17, 15) is 0 Å². The smallest absolute Gasteiger partial charge is 0.191 e. The van der Waals surface area contributed by atoms with Crippen LogP contribution in [0.4, 0.5) is 0 Å². The number of halogens is 1. The topological polar surface area (TPSA) is 64.1 Å². The van der Waals surface area contributed by atoms with Crippen molar-refractivity contribution in [2.45, 2.75) is 39.7 Å². The first-order chi connectivity index (χ1) is 12.8. The lowest BCUT2D eigenvalue weighted by molar-refractivity contribution is 0.0698. The number of hydrogen-bond donors (Lipinski definition) is 2. The second-order valence-corrected chi connectivity index (χ2v) is 5.93. The number of hydrogen-bond acceptors (Lipinski definition) is 4. The van der Waals surface area contributed by atoms with Gasteiger partial charge in [-0.25, -0.2) is 4.99 Å². The van der Waals surface area contributed by atoms with Crippen LogP contribution >= 0.6 is 24.0 Å². The van der Waals surface area contributed by atoms with Crippen molar-refractivity contribution in [1.29, 1.82) is 0 Å². The van der Waals surface area contributed by atoms with Gasteiger partial charge in [-0.2, -0.15) is 0 Å². The highest BCUT2D eigenvalue weighted by molar-refractivity contribution is 14.0. The summed E-state index contributed by atoms with van der Waals surface area (Å²) in [6, 6.07) is 8.15. The second kappa shape index (κ2) is 18.3. The fourth-order valence-electron chi connectivity index (χ4n) is 2.21. The first-order valence-electron chi connectivity index (χ1n) is 9.60. The van der Waals surface area contributed by atoms with Gasteiger partial charge in [0.15, 0.2) is 5.96 Å². The Morgan fingerprint density at radius 1 is 1.04 bits per heavy atom. The van der Waals surface area contributed by atoms with Crippen molar-refractivity contribution in [3.63, 3.8) is 0 Å². The fourth-order valence-corrected chi connectivity index (χ4v) is 2.21. The van der Waals surface area contributed by atoms with Gasteiger partial charge in [-0.15, -0.1) is 24.0 Å². The van der Waals surface area contributed by atoms with Gasteiger partial charge in [0.2, 0.25) is 0 Å². The molecule has 7 heteroatoms. The minimum absolute atomic E-state index is 0. The number of unbranched alkanes of at least 4 members (excludes halogenated alkanes) is 1. The van der Waals surface area contributed by atoms with Crippen LogP contribution in [0.3, 0.4) is 0 Å². The molecule has 0 aromatic heterocycles. The van der Waals surface area contributed by atoms with Crippen LogP contribution in [0.15, 0.2) is 29.3 Å². The largest absolute Gasteiger partial charge is 0.494 e. The highest BCUT2D eigenvalue weighted by Crippen LogP contribution is 2.14. The number of benzene rings is 1. The summed E-state index contributed by atoms with van der Waals surface area (Å²) in [7, 11) is 1.68. The Morgan fingerprint density at radius 3 is 2.63 bits per heavy atom. The lowest BCUT2D eigenvalue weighted by Gasteiger charge is -2.12. The Balaban J connectivity index is 0.00000676. The molecule has 1 rings (SSSR count). The fraction of sp³-hybridized carbons (Fsp3) is 0.650. The maximum absolute atomic E-state index is 5.76. The summed E-state index contributed by atoms with van der Waals surface area (Å²) in [5.74, 6) is 1.74. The Kier molecular flexibility index (Phi) is 17.6. The van der Waals surface area contributed by atoms with Crippen molar-refractivity contribution < 1.29 is 14.2 Å². The van der Waals surface area contributed by atoms with E-state index in [2.05, 4.69) is 41.6 Å². The van der Waals surface area contributed by atoms with Gasteiger partial charge in [0.05, 0.1) is 26.4 Å². The van der Waals surface area contributed by atoms with Gasteiger partial charge in [-0.05, 0) is 37.5 Å². The van der Waals surface area contributed by atoms with Crippen LogP contribution in [0.1, 0.15) is 38.7 Å². The summed E-state index contributed by atoms with van der Waals surface area (Å²) in [6.07, 6.45) is 3.14. The maximum Gasteiger partial charge on any atom is 0.191 e. The summed E-state index contributed by atoms with van der Waals surface area (Å²) >= 11 is 0. The van der Waals surface area contributed by atoms with E-state index in [0.717, 1.165) is 56.2 Å². The van der Waals surface area contributed by atoms with Gasteiger partial charge in [-0.1, -0.05) is 25.5 Å². The van der Waals surface area contributed by atoms with Crippen LogP contribution in [0.2, 0.25) is 0 Å². The van der Waals surface area contributed by atoms with Crippen molar-refractivity contribution >= 4 is 29.9 Å². The van der Waals surface area contributed by atoms with Gasteiger partial charge >= 0.3 is 0 Å². The molecule has 0 radical (unpaired) electrons. The summed E-state index contributed by atoms with van der Waals surface area (Å²) in [5.41, 5.74) is 1.14. The third-order valence-electron chi connectivity index (χ3n) is 3.62. The molecule has 0 aliphatic carbocycles. The molecular weight excluding hydrogens is 457 g/mol. The molecule has 0 saturated carbocycles. The average molecular weight is 493 g/mol. The number of methoxy groups -OCH3 is 1. The van der Waals surface area contributed by atoms with Crippen LogP contribution in [0, 0.1) is 0 Å². The molecule has 0 saturated heterocycles. The van der Waals surface area contributed by atoms with E-state index in [1.807, 2.05) is 12.1 Å². The van der Waals surface area contributed by atoms with E-state index in [0.29, 0.717) is 26.4 Å². The minimum atomic E-state index is 0. The first kappa shape index (κ1) is 25.9. The second-order valence-electron chi connectivity index (χ2n) is 5.93. The Bertz CT molecular complexity index is 501. The molecule has 0 heterocycles. The van der Waals surface area contributed by atoms with E-state index >= 15 is 0 Å². The van der Waals surface area contributed by atoms with Crippen LogP contribution in [-0.4, -0.2) is 52.6 Å². The molecule has 1 aromatic carbocycles. The molecule has 0 fully saturated rings. The quantitative estimate of drug-likeness (QED) is 0.180. The molecule has 0 unspecified atom stereocenters. The molecule has 0 atom stereocenters. The summed E-state index contributed by atoms with van der Waals surface area (Å²) in [6.45, 7) is 9.25. The molecule has 156 valence electrons. The SMILES string of the molecule is CCCCOc1cccc(CN=C(NCC)NCCCOCCOC)c1.I. The highest BCUT2D eigenvalue weighted by Gasteiger charge is 2.00. The molecule has 6 nitrogen and oxygen atoms in total. The standard InChI is InChI=1S/C20H35N3O3.HI/c1-4-6-13-26-19-10-7-9-18(16-19)17-23-20(21-5-2)22-11-8-12-25-15-14-24-3;/h7,9-10,16H,4-6,8,11-15,17H2,1-3H3,(H2,21,22,23);1H. The summed E-state index contributed by atoms with van der Waals surface area (Å²) in [5, 5.41) is 6.60. The first-order valence-corrected chi connectivity index (χ1v) is 9.60. The van der Waals surface area contributed by atoms with Gasteiger partial charge in [0.25, 0.3) is 0 Å². The molecule has 27 heavy (non-hydrogen) atoms. The number of guanidine groups is 1. The van der Waals surface area contributed by atoms with Crippen molar-refractivity contribution in [2.75, 3.05) is 46.6 Å². The van der Waals surface area contributed by atoms with Gasteiger partial charge in [0, 0.05) is 26.8 Å². The van der Waals surface area contributed by atoms with Crippen LogP contribution in [0.5, 0.6) is 5.75 Å². The minimum Gasteiger partial charge on any atom is -0.494 e. The number of rotatable bonds is 14. The Labute approximate surface area is 181 Å². The van der Waals surface area contributed by atoms with Crippen molar-refractivity contribution in [2.24, 2.45) is 4.99 Å². The van der Waals surface area contributed by atoms with E-state index in [1.54, 1.807) is 7.11 Å².